The molecule has 3 N–H and O–H groups in total. The fourth-order valence-electron chi connectivity index (χ4n) is 0.961. The molecule has 5 heteroatoms. The minimum atomic E-state index is 0. The third-order valence-electron chi connectivity index (χ3n) is 1.98. The van der Waals surface area contributed by atoms with Crippen molar-refractivity contribution in [2.75, 3.05) is 26.3 Å². The average Bonchev–Trinajstić information content (AvgIpc) is 2.25. The van der Waals surface area contributed by atoms with E-state index in [1.54, 1.807) is 6.08 Å². The summed E-state index contributed by atoms with van der Waals surface area (Å²) in [4.78, 5) is 11.3. The Morgan fingerprint density at radius 3 is 2.88 bits per heavy atom. The Labute approximate surface area is 104 Å². The van der Waals surface area contributed by atoms with E-state index in [9.17, 15) is 4.79 Å². The zero-order chi connectivity index (χ0) is 11.5. The number of carbonyl (C=O) groups excluding carboxylic acids is 1. The molecule has 0 bridgehead atoms. The van der Waals surface area contributed by atoms with Crippen LogP contribution in [0.1, 0.15) is 19.8 Å². The first kappa shape index (κ1) is 17.8. The smallest absolute Gasteiger partial charge is 0.220 e. The number of nitrogens with two attached hydrogens (primary N) is 1. The molecule has 0 heterocycles. The Hall–Kier alpha value is -0.580. The molecule has 4 nitrogen and oxygen atoms in total. The quantitative estimate of drug-likeness (QED) is 0.476. The van der Waals surface area contributed by atoms with E-state index < -0.39 is 0 Å². The fraction of sp³-hybridized carbons (Fsp3) is 0.727. The number of hydrogen-bond donors (Lipinski definition) is 2. The van der Waals surface area contributed by atoms with Gasteiger partial charge in [-0.1, -0.05) is 13.0 Å². The van der Waals surface area contributed by atoms with Crippen LogP contribution in [0.25, 0.3) is 0 Å². The van der Waals surface area contributed by atoms with E-state index in [1.165, 1.54) is 0 Å². The number of hydrogen-bond acceptors (Lipinski definition) is 3. The van der Waals surface area contributed by atoms with E-state index in [1.807, 2.05) is 6.92 Å². The minimum Gasteiger partial charge on any atom is -0.377 e. The zero-order valence-electron chi connectivity index (χ0n) is 9.91. The summed E-state index contributed by atoms with van der Waals surface area (Å²) in [7, 11) is 0. The van der Waals surface area contributed by atoms with Crippen LogP contribution >= 0.6 is 12.4 Å². The largest absolute Gasteiger partial charge is 0.377 e. The van der Waals surface area contributed by atoms with E-state index in [-0.39, 0.29) is 18.3 Å². The van der Waals surface area contributed by atoms with Crippen LogP contribution in [0.2, 0.25) is 0 Å². The third-order valence-corrected chi connectivity index (χ3v) is 1.98. The predicted octanol–water partition coefficient (Wildman–Crippen LogP) is 1.10. The molecular formula is C11H23ClN2O2. The zero-order valence-corrected chi connectivity index (χ0v) is 10.7. The van der Waals surface area contributed by atoms with Gasteiger partial charge in [-0.25, -0.2) is 0 Å². The van der Waals surface area contributed by atoms with Crippen LogP contribution in [0.15, 0.2) is 12.7 Å². The Balaban J connectivity index is 0. The molecule has 0 aliphatic heterocycles. The highest BCUT2D eigenvalue weighted by Crippen LogP contribution is 1.92. The van der Waals surface area contributed by atoms with E-state index in [2.05, 4.69) is 11.9 Å². The van der Waals surface area contributed by atoms with Crippen molar-refractivity contribution in [1.82, 2.24) is 5.32 Å². The highest BCUT2D eigenvalue weighted by atomic mass is 35.5. The van der Waals surface area contributed by atoms with Crippen molar-refractivity contribution in [2.45, 2.75) is 19.8 Å². The lowest BCUT2D eigenvalue weighted by Crippen LogP contribution is -2.31. The van der Waals surface area contributed by atoms with Crippen molar-refractivity contribution in [3.8, 4) is 0 Å². The summed E-state index contributed by atoms with van der Waals surface area (Å²) in [5.74, 6) is 0.406. The summed E-state index contributed by atoms with van der Waals surface area (Å²) in [5, 5.41) is 2.83. The van der Waals surface area contributed by atoms with Gasteiger partial charge >= 0.3 is 0 Å². The summed E-state index contributed by atoms with van der Waals surface area (Å²) in [6, 6.07) is 0. The number of carbonyl (C=O) groups is 1. The molecule has 1 unspecified atom stereocenters. The minimum absolute atomic E-state index is 0. The van der Waals surface area contributed by atoms with Gasteiger partial charge < -0.3 is 15.8 Å². The van der Waals surface area contributed by atoms with Crippen molar-refractivity contribution in [3.05, 3.63) is 12.7 Å². The molecule has 0 spiro atoms. The molecule has 16 heavy (non-hydrogen) atoms. The van der Waals surface area contributed by atoms with Crippen LogP contribution in [-0.4, -0.2) is 32.2 Å². The van der Waals surface area contributed by atoms with E-state index in [0.29, 0.717) is 38.6 Å². The van der Waals surface area contributed by atoms with Crippen molar-refractivity contribution in [2.24, 2.45) is 11.7 Å². The van der Waals surface area contributed by atoms with Gasteiger partial charge in [0.15, 0.2) is 0 Å². The topological polar surface area (TPSA) is 64.3 Å². The summed E-state index contributed by atoms with van der Waals surface area (Å²) < 4.78 is 5.16. The van der Waals surface area contributed by atoms with Crippen LogP contribution in [0.5, 0.6) is 0 Å². The Kier molecular flexibility index (Phi) is 13.9. The molecule has 1 atom stereocenters. The first-order valence-corrected chi connectivity index (χ1v) is 5.36. The summed E-state index contributed by atoms with van der Waals surface area (Å²) in [5.41, 5.74) is 5.43. The van der Waals surface area contributed by atoms with Gasteiger partial charge in [0.05, 0.1) is 6.61 Å². The first-order valence-electron chi connectivity index (χ1n) is 5.36. The third kappa shape index (κ3) is 11.5. The molecule has 0 saturated heterocycles. The maximum Gasteiger partial charge on any atom is 0.220 e. The standard InChI is InChI=1S/C11H22N2O2.ClH/c1-3-6-15-7-4-5-11(14)13-9-10(2)8-12;/h3,10H,1,4-9,12H2,2H3,(H,13,14);1H. The number of rotatable bonds is 9. The Bertz CT molecular complexity index is 189. The first-order chi connectivity index (χ1) is 7.20. The average molecular weight is 251 g/mol. The van der Waals surface area contributed by atoms with E-state index in [0.717, 1.165) is 6.42 Å². The van der Waals surface area contributed by atoms with E-state index >= 15 is 0 Å². The summed E-state index contributed by atoms with van der Waals surface area (Å²) >= 11 is 0. The number of amides is 1. The van der Waals surface area contributed by atoms with Gasteiger partial charge in [0.2, 0.25) is 5.91 Å². The summed E-state index contributed by atoms with van der Waals surface area (Å²) in [6.45, 7) is 7.95. The maximum absolute atomic E-state index is 11.3. The normalized spacial score (nSPS) is 11.4. The lowest BCUT2D eigenvalue weighted by Gasteiger charge is -2.09. The van der Waals surface area contributed by atoms with Gasteiger partial charge in [-0.15, -0.1) is 19.0 Å². The number of nitrogens with one attached hydrogen (secondary N) is 1. The Morgan fingerprint density at radius 2 is 2.31 bits per heavy atom. The molecule has 0 saturated carbocycles. The van der Waals surface area contributed by atoms with Crippen LogP contribution in [0, 0.1) is 5.92 Å². The van der Waals surface area contributed by atoms with Crippen molar-refractivity contribution >= 4 is 18.3 Å². The van der Waals surface area contributed by atoms with Crippen molar-refractivity contribution < 1.29 is 9.53 Å². The molecule has 0 aromatic heterocycles. The maximum atomic E-state index is 11.3. The van der Waals surface area contributed by atoms with Gasteiger partial charge in [0, 0.05) is 19.6 Å². The van der Waals surface area contributed by atoms with Crippen LogP contribution in [0.3, 0.4) is 0 Å². The monoisotopic (exact) mass is 250 g/mol. The van der Waals surface area contributed by atoms with Crippen LogP contribution < -0.4 is 11.1 Å². The molecule has 0 aromatic rings. The SMILES string of the molecule is C=CCOCCCC(=O)NCC(C)CN.Cl. The van der Waals surface area contributed by atoms with Gasteiger partial charge in [0.1, 0.15) is 0 Å². The molecule has 0 rings (SSSR count). The highest BCUT2D eigenvalue weighted by Gasteiger charge is 2.03. The fourth-order valence-corrected chi connectivity index (χ4v) is 0.961. The highest BCUT2D eigenvalue weighted by molar-refractivity contribution is 5.85. The molecule has 0 fully saturated rings. The second-order valence-electron chi connectivity index (χ2n) is 3.61. The van der Waals surface area contributed by atoms with Gasteiger partial charge in [-0.3, -0.25) is 4.79 Å². The molecule has 0 aliphatic carbocycles. The summed E-state index contributed by atoms with van der Waals surface area (Å²) in [6.07, 6.45) is 2.95. The Morgan fingerprint density at radius 1 is 1.62 bits per heavy atom. The lowest BCUT2D eigenvalue weighted by molar-refractivity contribution is -0.121. The number of ether oxygens (including phenoxy) is 1. The lowest BCUT2D eigenvalue weighted by atomic mass is 10.2. The van der Waals surface area contributed by atoms with Gasteiger partial charge in [0.25, 0.3) is 0 Å². The molecular weight excluding hydrogens is 228 g/mol. The second-order valence-corrected chi connectivity index (χ2v) is 3.61. The number of halogens is 1. The molecule has 96 valence electrons. The van der Waals surface area contributed by atoms with Crippen molar-refractivity contribution in [3.63, 3.8) is 0 Å². The predicted molar refractivity (Wildman–Crippen MR) is 68.7 cm³/mol. The molecule has 0 aliphatic rings. The van der Waals surface area contributed by atoms with Crippen molar-refractivity contribution in [1.29, 1.82) is 0 Å². The molecule has 0 radical (unpaired) electrons. The van der Waals surface area contributed by atoms with Crippen LogP contribution in [0.4, 0.5) is 0 Å². The van der Waals surface area contributed by atoms with Gasteiger partial charge in [-0.05, 0) is 18.9 Å². The van der Waals surface area contributed by atoms with Gasteiger partial charge in [-0.2, -0.15) is 0 Å². The second kappa shape index (κ2) is 12.5. The molecule has 0 aromatic carbocycles. The van der Waals surface area contributed by atoms with Crippen LogP contribution in [-0.2, 0) is 9.53 Å². The molecule has 1 amide bonds. The van der Waals surface area contributed by atoms with E-state index in [4.69, 9.17) is 10.5 Å².